The summed E-state index contributed by atoms with van der Waals surface area (Å²) in [5.41, 5.74) is 6.89. The molecule has 0 aliphatic carbocycles. The molecule has 1 aromatic rings. The first-order chi connectivity index (χ1) is 10.2. The second-order valence-electron chi connectivity index (χ2n) is 4.47. The van der Waals surface area contributed by atoms with Crippen LogP contribution in [0.4, 0.5) is 0 Å². The summed E-state index contributed by atoms with van der Waals surface area (Å²) in [6.07, 6.45) is 2.81. The molecular weight excluding hydrogens is 282 g/mol. The average Bonchev–Trinajstić information content (AvgIpc) is 2.48. The first kappa shape index (κ1) is 18.1. The maximum Gasteiger partial charge on any atom is 0.533 e. The van der Waals surface area contributed by atoms with Crippen LogP contribution in [0.5, 0.6) is 0 Å². The van der Waals surface area contributed by atoms with Crippen LogP contribution in [0, 0.1) is 0 Å². The molecule has 0 unspecified atom stereocenters. The Bertz CT molecular complexity index is 406. The fourth-order valence-electron chi connectivity index (χ4n) is 2.19. The number of hydrogen-bond donors (Lipinski definition) is 1. The minimum atomic E-state index is -2.85. The molecule has 0 heterocycles. The molecule has 0 saturated heterocycles. The lowest BCUT2D eigenvalue weighted by atomic mass is 10.2. The van der Waals surface area contributed by atoms with E-state index in [-0.39, 0.29) is 0 Å². The van der Waals surface area contributed by atoms with E-state index in [4.69, 9.17) is 19.0 Å². The second-order valence-corrected chi connectivity index (χ2v) is 7.09. The molecule has 0 aliphatic rings. The molecule has 4 nitrogen and oxygen atoms in total. The van der Waals surface area contributed by atoms with E-state index in [1.807, 2.05) is 39.0 Å². The molecule has 0 bridgehead atoms. The Morgan fingerprint density at radius 2 is 1.52 bits per heavy atom. The molecule has 2 N–H and O–H groups in total. The molecule has 5 heteroatoms. The Kier molecular flexibility index (Phi) is 8.49. The molecule has 0 radical (unpaired) electrons. The molecule has 0 atom stereocenters. The van der Waals surface area contributed by atoms with Crippen molar-refractivity contribution in [2.75, 3.05) is 26.4 Å². The minimum Gasteiger partial charge on any atom is -0.370 e. The van der Waals surface area contributed by atoms with Crippen molar-refractivity contribution < 1.29 is 13.3 Å². The van der Waals surface area contributed by atoms with Crippen LogP contribution in [0.25, 0.3) is 6.08 Å². The van der Waals surface area contributed by atoms with E-state index in [2.05, 4.69) is 18.2 Å². The molecular formula is C16H27NO3Si. The molecule has 0 spiro atoms. The quantitative estimate of drug-likeness (QED) is 0.675. The van der Waals surface area contributed by atoms with Gasteiger partial charge >= 0.3 is 8.80 Å². The normalized spacial score (nSPS) is 12.7. The summed E-state index contributed by atoms with van der Waals surface area (Å²) in [4.78, 5) is 0. The van der Waals surface area contributed by atoms with Crippen molar-refractivity contribution in [3.63, 3.8) is 0 Å². The third kappa shape index (κ3) is 5.37. The van der Waals surface area contributed by atoms with Gasteiger partial charge in [0.25, 0.3) is 0 Å². The molecule has 0 fully saturated rings. The van der Waals surface area contributed by atoms with Crippen molar-refractivity contribution in [2.24, 2.45) is 5.73 Å². The highest BCUT2D eigenvalue weighted by Crippen LogP contribution is 2.25. The molecule has 118 valence electrons. The van der Waals surface area contributed by atoms with Crippen LogP contribution in [0.2, 0.25) is 0 Å². The van der Waals surface area contributed by atoms with Crippen molar-refractivity contribution in [2.45, 2.75) is 27.2 Å². The van der Waals surface area contributed by atoms with Gasteiger partial charge in [0.05, 0.1) is 0 Å². The first-order valence-electron chi connectivity index (χ1n) is 7.60. The summed E-state index contributed by atoms with van der Waals surface area (Å²) in [7, 11) is -2.85. The molecule has 0 aliphatic heterocycles. The van der Waals surface area contributed by atoms with Gasteiger partial charge in [-0.05, 0) is 39.3 Å². The van der Waals surface area contributed by atoms with E-state index < -0.39 is 8.80 Å². The maximum absolute atomic E-state index is 5.97. The summed E-state index contributed by atoms with van der Waals surface area (Å²) < 4.78 is 17.9. The molecule has 21 heavy (non-hydrogen) atoms. The van der Waals surface area contributed by atoms with Gasteiger partial charge in [0, 0.05) is 25.0 Å². The lowest BCUT2D eigenvalue weighted by molar-refractivity contribution is 0.0802. The zero-order valence-electron chi connectivity index (χ0n) is 13.3. The fraction of sp³-hybridized carbons (Fsp3) is 0.500. The van der Waals surface area contributed by atoms with E-state index in [1.165, 1.54) is 0 Å². The van der Waals surface area contributed by atoms with E-state index >= 15 is 0 Å². The van der Waals surface area contributed by atoms with Crippen LogP contribution < -0.4 is 5.73 Å². The van der Waals surface area contributed by atoms with Gasteiger partial charge in [-0.3, -0.25) is 0 Å². The summed E-state index contributed by atoms with van der Waals surface area (Å²) in [5, 5.41) is 1.04. The zero-order chi connectivity index (χ0) is 15.6. The van der Waals surface area contributed by atoms with E-state index in [0.29, 0.717) is 32.8 Å². The minimum absolute atomic E-state index is 0.542. The van der Waals surface area contributed by atoms with E-state index in [0.717, 1.165) is 10.8 Å². The lowest BCUT2D eigenvalue weighted by Gasteiger charge is -2.30. The Balaban J connectivity index is 3.19. The maximum atomic E-state index is 5.97. The third-order valence-electron chi connectivity index (χ3n) is 2.95. The number of benzene rings is 1. The summed E-state index contributed by atoms with van der Waals surface area (Å²) >= 11 is 0. The van der Waals surface area contributed by atoms with Crippen molar-refractivity contribution >= 4 is 14.9 Å². The first-order valence-corrected chi connectivity index (χ1v) is 9.32. The van der Waals surface area contributed by atoms with Crippen molar-refractivity contribution in [3.05, 3.63) is 41.1 Å². The van der Waals surface area contributed by atoms with Gasteiger partial charge in [-0.1, -0.05) is 36.4 Å². The Hall–Kier alpha value is -0.983. The Morgan fingerprint density at radius 1 is 1.00 bits per heavy atom. The predicted molar refractivity (Wildman–Crippen MR) is 88.7 cm³/mol. The topological polar surface area (TPSA) is 53.7 Å². The highest BCUT2D eigenvalue weighted by atomic mass is 28.4. The third-order valence-corrected chi connectivity index (χ3v) is 6.14. The lowest BCUT2D eigenvalue weighted by Crippen LogP contribution is -2.49. The molecule has 0 amide bonds. The average molecular weight is 309 g/mol. The van der Waals surface area contributed by atoms with Gasteiger partial charge in [-0.2, -0.15) is 0 Å². The van der Waals surface area contributed by atoms with Gasteiger partial charge < -0.3 is 19.0 Å². The van der Waals surface area contributed by atoms with Crippen LogP contribution in [0.15, 0.2) is 35.5 Å². The zero-order valence-corrected chi connectivity index (χ0v) is 14.3. The van der Waals surface area contributed by atoms with Gasteiger partial charge in [-0.15, -0.1) is 0 Å². The summed E-state index contributed by atoms with van der Waals surface area (Å²) in [5.74, 6) is 0. The standard InChI is InChI=1S/C16H27NO3Si/c1-4-18-21(19-5-2,20-6-3)16(12-13-17)14-15-10-8-7-9-11-15/h7-11,14H,4-6,12-13,17H2,1-3H3. The number of nitrogens with two attached hydrogens (primary N) is 1. The van der Waals surface area contributed by atoms with Crippen molar-refractivity contribution in [1.29, 1.82) is 0 Å². The van der Waals surface area contributed by atoms with Crippen LogP contribution in [0.3, 0.4) is 0 Å². The van der Waals surface area contributed by atoms with Gasteiger partial charge in [0.1, 0.15) is 0 Å². The van der Waals surface area contributed by atoms with Crippen LogP contribution >= 0.6 is 0 Å². The van der Waals surface area contributed by atoms with Crippen LogP contribution in [-0.4, -0.2) is 35.2 Å². The molecule has 0 saturated carbocycles. The van der Waals surface area contributed by atoms with Crippen LogP contribution in [0.1, 0.15) is 32.8 Å². The predicted octanol–water partition coefficient (Wildman–Crippen LogP) is 3.01. The number of hydrogen-bond acceptors (Lipinski definition) is 4. The largest absolute Gasteiger partial charge is 0.533 e. The summed E-state index contributed by atoms with van der Waals surface area (Å²) in [6, 6.07) is 10.1. The van der Waals surface area contributed by atoms with Crippen LogP contribution in [-0.2, 0) is 13.3 Å². The molecule has 1 rings (SSSR count). The number of rotatable bonds is 10. The SMILES string of the molecule is CCO[Si](OCC)(OCC)C(=Cc1ccccc1)CCN. The molecule has 0 aromatic heterocycles. The summed E-state index contributed by atoms with van der Waals surface area (Å²) in [6.45, 7) is 8.10. The highest BCUT2D eigenvalue weighted by molar-refractivity contribution is 6.69. The van der Waals surface area contributed by atoms with Gasteiger partial charge in [0.2, 0.25) is 0 Å². The molecule has 1 aromatic carbocycles. The van der Waals surface area contributed by atoms with Gasteiger partial charge in [0.15, 0.2) is 0 Å². The highest BCUT2D eigenvalue weighted by Gasteiger charge is 2.44. The smallest absolute Gasteiger partial charge is 0.370 e. The monoisotopic (exact) mass is 309 g/mol. The van der Waals surface area contributed by atoms with E-state index in [1.54, 1.807) is 0 Å². The second kappa shape index (κ2) is 9.86. The Morgan fingerprint density at radius 3 is 1.95 bits per heavy atom. The van der Waals surface area contributed by atoms with Crippen molar-refractivity contribution in [1.82, 2.24) is 0 Å². The Labute approximate surface area is 129 Å². The van der Waals surface area contributed by atoms with Gasteiger partial charge in [-0.25, -0.2) is 0 Å². The fourth-order valence-corrected chi connectivity index (χ4v) is 4.93. The van der Waals surface area contributed by atoms with E-state index in [9.17, 15) is 0 Å². The van der Waals surface area contributed by atoms with Crippen molar-refractivity contribution in [3.8, 4) is 0 Å².